The Labute approximate surface area is 107 Å². The second-order valence-electron chi connectivity index (χ2n) is 3.58. The van der Waals surface area contributed by atoms with E-state index in [0.29, 0.717) is 17.2 Å². The molecule has 7 heteroatoms. The molecule has 0 radical (unpaired) electrons. The molecule has 18 heavy (non-hydrogen) atoms. The van der Waals surface area contributed by atoms with Gasteiger partial charge in [-0.15, -0.1) is 11.8 Å². The summed E-state index contributed by atoms with van der Waals surface area (Å²) in [5.74, 6) is 0.408. The van der Waals surface area contributed by atoms with Crippen LogP contribution in [0.1, 0.15) is 12.5 Å². The fourth-order valence-corrected chi connectivity index (χ4v) is 2.06. The fraction of sp³-hybridized carbons (Fsp3) is 0.364. The predicted octanol–water partition coefficient (Wildman–Crippen LogP) is 2.52. The maximum atomic E-state index is 12.4. The highest BCUT2D eigenvalue weighted by Gasteiger charge is 2.30. The van der Waals surface area contributed by atoms with Crippen LogP contribution in [0.15, 0.2) is 23.1 Å². The van der Waals surface area contributed by atoms with Crippen LogP contribution in [0.4, 0.5) is 18.9 Å². The van der Waals surface area contributed by atoms with Crippen molar-refractivity contribution in [3.8, 4) is 0 Å². The van der Waals surface area contributed by atoms with Crippen LogP contribution in [-0.4, -0.2) is 18.2 Å². The first-order valence-corrected chi connectivity index (χ1v) is 6.13. The first-order valence-electron chi connectivity index (χ1n) is 5.14. The van der Waals surface area contributed by atoms with Crippen molar-refractivity contribution in [3.63, 3.8) is 0 Å². The van der Waals surface area contributed by atoms with E-state index in [2.05, 4.69) is 5.32 Å². The highest BCUT2D eigenvalue weighted by Crippen LogP contribution is 2.34. The van der Waals surface area contributed by atoms with Gasteiger partial charge in [0.15, 0.2) is 0 Å². The topological polar surface area (TPSA) is 55.1 Å². The normalized spacial score (nSPS) is 11.3. The Kier molecular flexibility index (Phi) is 4.89. The van der Waals surface area contributed by atoms with Gasteiger partial charge in [0.05, 0.1) is 5.56 Å². The molecule has 0 saturated heterocycles. The van der Waals surface area contributed by atoms with Crippen molar-refractivity contribution in [1.29, 1.82) is 0 Å². The molecule has 0 aliphatic rings. The second-order valence-corrected chi connectivity index (χ2v) is 4.72. The van der Waals surface area contributed by atoms with E-state index < -0.39 is 11.7 Å². The minimum Gasteiger partial charge on any atom is -0.398 e. The number of alkyl halides is 3. The number of hydrogen-bond acceptors (Lipinski definition) is 3. The van der Waals surface area contributed by atoms with Gasteiger partial charge in [-0.3, -0.25) is 4.79 Å². The summed E-state index contributed by atoms with van der Waals surface area (Å²) in [6.45, 7) is 1.84. The van der Waals surface area contributed by atoms with Crippen LogP contribution >= 0.6 is 11.8 Å². The number of amides is 1. The van der Waals surface area contributed by atoms with Gasteiger partial charge < -0.3 is 11.1 Å². The molecule has 100 valence electrons. The van der Waals surface area contributed by atoms with Gasteiger partial charge in [0.25, 0.3) is 0 Å². The number of benzene rings is 1. The van der Waals surface area contributed by atoms with E-state index in [4.69, 9.17) is 5.73 Å². The monoisotopic (exact) mass is 278 g/mol. The summed E-state index contributed by atoms with van der Waals surface area (Å²) in [4.78, 5) is 11.2. The maximum absolute atomic E-state index is 12.4. The summed E-state index contributed by atoms with van der Waals surface area (Å²) in [6, 6.07) is 3.26. The summed E-state index contributed by atoms with van der Waals surface area (Å²) in [5.41, 5.74) is 4.89. The van der Waals surface area contributed by atoms with Crippen molar-refractivity contribution in [2.75, 3.05) is 18.0 Å². The van der Waals surface area contributed by atoms with Gasteiger partial charge >= 0.3 is 6.18 Å². The van der Waals surface area contributed by atoms with Gasteiger partial charge in [0.2, 0.25) is 5.91 Å². The Morgan fingerprint density at radius 2 is 2.11 bits per heavy atom. The third-order valence-electron chi connectivity index (χ3n) is 2.07. The lowest BCUT2D eigenvalue weighted by Crippen LogP contribution is -2.22. The molecule has 0 heterocycles. The molecule has 0 aliphatic carbocycles. The summed E-state index contributed by atoms with van der Waals surface area (Å²) in [6.07, 6.45) is -4.38. The number of nitrogen functional groups attached to an aromatic ring is 1. The van der Waals surface area contributed by atoms with Crippen LogP contribution in [0.25, 0.3) is 0 Å². The second kappa shape index (κ2) is 5.99. The number of anilines is 1. The number of carbonyl (C=O) groups excluding carboxylic acids is 1. The number of thioether (sulfide) groups is 1. The summed E-state index contributed by atoms with van der Waals surface area (Å²) in [5, 5.41) is 2.59. The lowest BCUT2D eigenvalue weighted by molar-refractivity contribution is -0.137. The van der Waals surface area contributed by atoms with Crippen LogP contribution in [0, 0.1) is 0 Å². The van der Waals surface area contributed by atoms with E-state index in [1.54, 1.807) is 0 Å². The Balaban J connectivity index is 2.60. The van der Waals surface area contributed by atoms with Crippen LogP contribution in [0.3, 0.4) is 0 Å². The molecule has 0 spiro atoms. The lowest BCUT2D eigenvalue weighted by atomic mass is 10.2. The third-order valence-corrected chi connectivity index (χ3v) is 3.16. The molecule has 0 saturated carbocycles. The van der Waals surface area contributed by atoms with Gasteiger partial charge in [-0.1, -0.05) is 0 Å². The molecule has 1 amide bonds. The summed E-state index contributed by atoms with van der Waals surface area (Å²) >= 11 is 1.30. The van der Waals surface area contributed by atoms with E-state index in [-0.39, 0.29) is 11.6 Å². The molecule has 0 aromatic heterocycles. The van der Waals surface area contributed by atoms with Crippen LogP contribution in [0.5, 0.6) is 0 Å². The quantitative estimate of drug-likeness (QED) is 0.505. The van der Waals surface area contributed by atoms with Crippen molar-refractivity contribution < 1.29 is 18.0 Å². The average molecular weight is 278 g/mol. The number of rotatable bonds is 4. The fourth-order valence-electron chi connectivity index (χ4n) is 1.24. The van der Waals surface area contributed by atoms with Gasteiger partial charge in [-0.05, 0) is 18.2 Å². The molecule has 1 rings (SSSR count). The molecule has 0 atom stereocenters. The summed E-state index contributed by atoms with van der Waals surface area (Å²) < 4.78 is 37.2. The molecule has 1 aromatic rings. The van der Waals surface area contributed by atoms with Crippen molar-refractivity contribution in [2.45, 2.75) is 18.0 Å². The van der Waals surface area contributed by atoms with E-state index in [0.717, 1.165) is 12.1 Å². The largest absolute Gasteiger partial charge is 0.416 e. The predicted molar refractivity (Wildman–Crippen MR) is 65.3 cm³/mol. The van der Waals surface area contributed by atoms with E-state index >= 15 is 0 Å². The van der Waals surface area contributed by atoms with Crippen molar-refractivity contribution in [3.05, 3.63) is 23.8 Å². The lowest BCUT2D eigenvalue weighted by Gasteiger charge is -2.10. The molecule has 3 nitrogen and oxygen atoms in total. The molecule has 0 aliphatic heterocycles. The van der Waals surface area contributed by atoms with Crippen LogP contribution < -0.4 is 11.1 Å². The number of carbonyl (C=O) groups is 1. The SMILES string of the molecule is CC(=O)NCCSc1ccc(C(F)(F)F)cc1N. The zero-order chi connectivity index (χ0) is 13.8. The molecular weight excluding hydrogens is 265 g/mol. The number of halogens is 3. The Hall–Kier alpha value is -1.37. The Bertz CT molecular complexity index is 435. The van der Waals surface area contributed by atoms with Gasteiger partial charge in [-0.25, -0.2) is 0 Å². The minimum atomic E-state index is -4.38. The standard InChI is InChI=1S/C11H13F3N2OS/c1-7(17)16-4-5-18-10-3-2-8(6-9(10)15)11(12,13)14/h2-3,6H,4-5,15H2,1H3,(H,16,17). The molecular formula is C11H13F3N2OS. The third kappa shape index (κ3) is 4.48. The number of nitrogens with one attached hydrogen (secondary N) is 1. The smallest absolute Gasteiger partial charge is 0.398 e. The molecule has 3 N–H and O–H groups in total. The van der Waals surface area contributed by atoms with Gasteiger partial charge in [-0.2, -0.15) is 13.2 Å². The van der Waals surface area contributed by atoms with Crippen LogP contribution in [0.2, 0.25) is 0 Å². The molecule has 1 aromatic carbocycles. The van der Waals surface area contributed by atoms with E-state index in [1.807, 2.05) is 0 Å². The molecule has 0 fully saturated rings. The highest BCUT2D eigenvalue weighted by molar-refractivity contribution is 7.99. The zero-order valence-electron chi connectivity index (χ0n) is 9.67. The van der Waals surface area contributed by atoms with Crippen molar-refractivity contribution in [2.24, 2.45) is 0 Å². The highest BCUT2D eigenvalue weighted by atomic mass is 32.2. The minimum absolute atomic E-state index is 0.0950. The number of nitrogens with two attached hydrogens (primary N) is 1. The molecule has 0 bridgehead atoms. The van der Waals surface area contributed by atoms with Crippen molar-refractivity contribution >= 4 is 23.4 Å². The van der Waals surface area contributed by atoms with Gasteiger partial charge in [0.1, 0.15) is 0 Å². The van der Waals surface area contributed by atoms with E-state index in [9.17, 15) is 18.0 Å². The average Bonchev–Trinajstić information content (AvgIpc) is 2.24. The van der Waals surface area contributed by atoms with E-state index in [1.165, 1.54) is 24.8 Å². The maximum Gasteiger partial charge on any atom is 0.416 e. The van der Waals surface area contributed by atoms with Crippen molar-refractivity contribution in [1.82, 2.24) is 5.32 Å². The van der Waals surface area contributed by atoms with Crippen LogP contribution in [-0.2, 0) is 11.0 Å². The zero-order valence-corrected chi connectivity index (χ0v) is 10.5. The van der Waals surface area contributed by atoms with Gasteiger partial charge in [0, 0.05) is 29.8 Å². The number of hydrogen-bond donors (Lipinski definition) is 2. The Morgan fingerprint density at radius 1 is 1.44 bits per heavy atom. The summed E-state index contributed by atoms with van der Waals surface area (Å²) in [7, 11) is 0. The molecule has 0 unspecified atom stereocenters. The Morgan fingerprint density at radius 3 is 2.61 bits per heavy atom. The first kappa shape index (κ1) is 14.7. The first-order chi connectivity index (χ1) is 8.30.